The highest BCUT2D eigenvalue weighted by Gasteiger charge is 2.05. The fraction of sp³-hybridized carbons (Fsp3) is 0.200. The Kier molecular flexibility index (Phi) is 4.47. The van der Waals surface area contributed by atoms with Crippen molar-refractivity contribution in [2.75, 3.05) is 12.4 Å². The zero-order valence-corrected chi connectivity index (χ0v) is 11.9. The Bertz CT molecular complexity index is 537. The van der Waals surface area contributed by atoms with Gasteiger partial charge in [0.15, 0.2) is 5.11 Å². The van der Waals surface area contributed by atoms with Crippen molar-refractivity contribution in [3.63, 3.8) is 0 Å². The molecular weight excluding hydrogens is 254 g/mol. The third kappa shape index (κ3) is 4.03. The number of aromatic nitrogens is 1. The number of pyridine rings is 1. The van der Waals surface area contributed by atoms with Crippen molar-refractivity contribution in [2.45, 2.75) is 13.5 Å². The Hall–Kier alpha value is -1.94. The van der Waals surface area contributed by atoms with Crippen LogP contribution in [0.5, 0.6) is 0 Å². The zero-order valence-electron chi connectivity index (χ0n) is 11.1. The van der Waals surface area contributed by atoms with Crippen LogP contribution < -0.4 is 5.32 Å². The second-order valence-corrected chi connectivity index (χ2v) is 4.90. The van der Waals surface area contributed by atoms with Crippen molar-refractivity contribution in [3.8, 4) is 0 Å². The summed E-state index contributed by atoms with van der Waals surface area (Å²) in [5.74, 6) is 0. The Morgan fingerprint density at radius 3 is 2.63 bits per heavy atom. The van der Waals surface area contributed by atoms with Crippen LogP contribution in [-0.2, 0) is 6.54 Å². The minimum Gasteiger partial charge on any atom is -0.348 e. The molecule has 98 valence electrons. The van der Waals surface area contributed by atoms with Gasteiger partial charge in [-0.15, -0.1) is 0 Å². The molecule has 0 aliphatic carbocycles. The zero-order chi connectivity index (χ0) is 13.7. The fourth-order valence-electron chi connectivity index (χ4n) is 1.69. The third-order valence-electron chi connectivity index (χ3n) is 2.79. The summed E-state index contributed by atoms with van der Waals surface area (Å²) in [7, 11) is 1.97. The van der Waals surface area contributed by atoms with Crippen LogP contribution in [0.1, 0.15) is 11.1 Å². The number of aryl methyl sites for hydroxylation is 1. The lowest BCUT2D eigenvalue weighted by Crippen LogP contribution is -2.30. The van der Waals surface area contributed by atoms with E-state index < -0.39 is 0 Å². The van der Waals surface area contributed by atoms with Gasteiger partial charge in [-0.1, -0.05) is 23.8 Å². The predicted octanol–water partition coefficient (Wildman–Crippen LogP) is 3.22. The van der Waals surface area contributed by atoms with Gasteiger partial charge >= 0.3 is 0 Å². The molecule has 4 heteroatoms. The maximum Gasteiger partial charge on any atom is 0.173 e. The third-order valence-corrected chi connectivity index (χ3v) is 3.21. The van der Waals surface area contributed by atoms with Crippen LogP contribution >= 0.6 is 12.2 Å². The number of hydrogen-bond acceptors (Lipinski definition) is 2. The van der Waals surface area contributed by atoms with Crippen molar-refractivity contribution in [3.05, 3.63) is 59.9 Å². The van der Waals surface area contributed by atoms with E-state index in [1.54, 1.807) is 6.20 Å². The molecule has 0 spiro atoms. The molecule has 0 bridgehead atoms. The quantitative estimate of drug-likeness (QED) is 0.868. The monoisotopic (exact) mass is 271 g/mol. The van der Waals surface area contributed by atoms with E-state index in [4.69, 9.17) is 12.2 Å². The second kappa shape index (κ2) is 6.29. The van der Waals surface area contributed by atoms with Gasteiger partial charge in [0.25, 0.3) is 0 Å². The lowest BCUT2D eigenvalue weighted by atomic mass is 10.2. The molecule has 0 amide bonds. The Labute approximate surface area is 119 Å². The first-order valence-electron chi connectivity index (χ1n) is 6.13. The topological polar surface area (TPSA) is 28.2 Å². The number of anilines is 1. The smallest absolute Gasteiger partial charge is 0.173 e. The van der Waals surface area contributed by atoms with Gasteiger partial charge in [0.2, 0.25) is 0 Å². The van der Waals surface area contributed by atoms with Gasteiger partial charge in [0.1, 0.15) is 0 Å². The van der Waals surface area contributed by atoms with Gasteiger partial charge in [0, 0.05) is 31.7 Å². The van der Waals surface area contributed by atoms with E-state index in [0.717, 1.165) is 17.8 Å². The highest BCUT2D eigenvalue weighted by atomic mass is 32.1. The molecule has 1 heterocycles. The normalized spacial score (nSPS) is 10.0. The minimum absolute atomic E-state index is 0.702. The first-order valence-corrected chi connectivity index (χ1v) is 6.53. The molecular formula is C15H17N3S. The lowest BCUT2D eigenvalue weighted by molar-refractivity contribution is 0.507. The van der Waals surface area contributed by atoms with E-state index in [1.165, 1.54) is 5.56 Å². The molecule has 0 saturated heterocycles. The van der Waals surface area contributed by atoms with Gasteiger partial charge in [0.05, 0.1) is 0 Å². The van der Waals surface area contributed by atoms with Gasteiger partial charge < -0.3 is 10.2 Å². The number of nitrogens with one attached hydrogen (secondary N) is 1. The van der Waals surface area contributed by atoms with Gasteiger partial charge in [-0.2, -0.15) is 0 Å². The molecule has 0 atom stereocenters. The summed E-state index contributed by atoms with van der Waals surface area (Å²) >= 11 is 5.39. The lowest BCUT2D eigenvalue weighted by Gasteiger charge is -2.21. The highest BCUT2D eigenvalue weighted by molar-refractivity contribution is 7.80. The molecule has 0 saturated carbocycles. The number of benzene rings is 1. The summed E-state index contributed by atoms with van der Waals surface area (Å²) in [6.07, 6.45) is 3.62. The average Bonchev–Trinajstić information content (AvgIpc) is 2.42. The molecule has 0 aliphatic heterocycles. The number of hydrogen-bond donors (Lipinski definition) is 1. The second-order valence-electron chi connectivity index (χ2n) is 4.51. The summed E-state index contributed by atoms with van der Waals surface area (Å²) in [5.41, 5.74) is 3.38. The Morgan fingerprint density at radius 1 is 1.26 bits per heavy atom. The van der Waals surface area contributed by atoms with E-state index in [-0.39, 0.29) is 0 Å². The van der Waals surface area contributed by atoms with Crippen molar-refractivity contribution in [1.29, 1.82) is 0 Å². The first kappa shape index (κ1) is 13.5. The standard InChI is InChI=1S/C15H17N3S/c1-12-5-7-14(8-6-12)17-15(19)18(2)11-13-4-3-9-16-10-13/h3-10H,11H2,1-2H3,(H,17,19). The molecule has 2 aromatic rings. The van der Waals surface area contributed by atoms with E-state index in [2.05, 4.69) is 29.4 Å². The van der Waals surface area contributed by atoms with Crippen molar-refractivity contribution in [2.24, 2.45) is 0 Å². The van der Waals surface area contributed by atoms with Crippen molar-refractivity contribution >= 4 is 23.0 Å². The van der Waals surface area contributed by atoms with Crippen LogP contribution in [0.15, 0.2) is 48.8 Å². The summed E-state index contributed by atoms with van der Waals surface area (Å²) in [5, 5.41) is 3.93. The van der Waals surface area contributed by atoms with E-state index >= 15 is 0 Å². The molecule has 19 heavy (non-hydrogen) atoms. The maximum atomic E-state index is 5.39. The van der Waals surface area contributed by atoms with Crippen molar-refractivity contribution < 1.29 is 0 Å². The first-order chi connectivity index (χ1) is 9.15. The highest BCUT2D eigenvalue weighted by Crippen LogP contribution is 2.10. The molecule has 0 fully saturated rings. The predicted molar refractivity (Wildman–Crippen MR) is 83.1 cm³/mol. The molecule has 0 unspecified atom stereocenters. The molecule has 1 N–H and O–H groups in total. The molecule has 2 rings (SSSR count). The van der Waals surface area contributed by atoms with Gasteiger partial charge in [-0.05, 0) is 42.9 Å². The molecule has 1 aromatic heterocycles. The molecule has 0 aliphatic rings. The maximum absolute atomic E-state index is 5.39. The van der Waals surface area contributed by atoms with Crippen molar-refractivity contribution in [1.82, 2.24) is 9.88 Å². The number of thiocarbonyl (C=S) groups is 1. The largest absolute Gasteiger partial charge is 0.348 e. The molecule has 3 nitrogen and oxygen atoms in total. The Balaban J connectivity index is 1.94. The van der Waals surface area contributed by atoms with E-state index in [1.807, 2.05) is 42.4 Å². The minimum atomic E-state index is 0.702. The summed E-state index contributed by atoms with van der Waals surface area (Å²) in [6, 6.07) is 12.1. The van der Waals surface area contributed by atoms with Crippen LogP contribution in [-0.4, -0.2) is 22.0 Å². The van der Waals surface area contributed by atoms with Crippen LogP contribution in [0, 0.1) is 6.92 Å². The van der Waals surface area contributed by atoms with Crippen LogP contribution in [0.2, 0.25) is 0 Å². The van der Waals surface area contributed by atoms with Crippen LogP contribution in [0.3, 0.4) is 0 Å². The summed E-state index contributed by atoms with van der Waals surface area (Å²) in [6.45, 7) is 2.81. The van der Waals surface area contributed by atoms with Gasteiger partial charge in [-0.3, -0.25) is 4.98 Å². The summed E-state index contributed by atoms with van der Waals surface area (Å²) in [4.78, 5) is 6.09. The van der Waals surface area contributed by atoms with Gasteiger partial charge in [-0.25, -0.2) is 0 Å². The SMILES string of the molecule is Cc1ccc(NC(=S)N(C)Cc2cccnc2)cc1. The number of rotatable bonds is 3. The fourth-order valence-corrected chi connectivity index (χ4v) is 1.88. The van der Waals surface area contributed by atoms with E-state index in [9.17, 15) is 0 Å². The molecule has 1 aromatic carbocycles. The van der Waals surface area contributed by atoms with Crippen LogP contribution in [0.25, 0.3) is 0 Å². The molecule has 0 radical (unpaired) electrons. The average molecular weight is 271 g/mol. The van der Waals surface area contributed by atoms with E-state index in [0.29, 0.717) is 5.11 Å². The number of nitrogens with zero attached hydrogens (tertiary/aromatic N) is 2. The Morgan fingerprint density at radius 2 is 2.00 bits per heavy atom. The van der Waals surface area contributed by atoms with Crippen LogP contribution in [0.4, 0.5) is 5.69 Å². The summed E-state index contributed by atoms with van der Waals surface area (Å²) < 4.78 is 0.